The van der Waals surface area contributed by atoms with Crippen molar-refractivity contribution in [3.8, 4) is 0 Å². The van der Waals surface area contributed by atoms with Crippen LogP contribution < -0.4 is 16.4 Å². The summed E-state index contributed by atoms with van der Waals surface area (Å²) < 4.78 is 0. The summed E-state index contributed by atoms with van der Waals surface area (Å²) in [6, 6.07) is 14.3. The summed E-state index contributed by atoms with van der Waals surface area (Å²) in [5.41, 5.74) is 7.71. The molecule has 2 aromatic rings. The minimum atomic E-state index is -0.612. The lowest BCUT2D eigenvalue weighted by molar-refractivity contribution is -0.122. The lowest BCUT2D eigenvalue weighted by atomic mass is 10.1. The van der Waals surface area contributed by atoms with Crippen molar-refractivity contribution in [2.75, 3.05) is 5.32 Å². The first-order chi connectivity index (χ1) is 11.5. The molecular formula is C18H18ClN3O2. The highest BCUT2D eigenvalue weighted by molar-refractivity contribution is 6.30. The third kappa shape index (κ3) is 4.06. The van der Waals surface area contributed by atoms with Gasteiger partial charge in [-0.05, 0) is 47.7 Å². The smallest absolute Gasteiger partial charge is 0.316 e. The maximum absolute atomic E-state index is 12.3. The highest BCUT2D eigenvalue weighted by Gasteiger charge is 2.43. The van der Waals surface area contributed by atoms with Gasteiger partial charge in [0.2, 0.25) is 5.91 Å². The second-order valence-electron chi connectivity index (χ2n) is 5.91. The highest BCUT2D eigenvalue weighted by Crippen LogP contribution is 2.47. The molecule has 0 unspecified atom stereocenters. The zero-order valence-corrected chi connectivity index (χ0v) is 13.7. The number of nitrogens with two attached hydrogens (primary N) is 1. The molecule has 1 saturated carbocycles. The number of nitrogens with one attached hydrogen (secondary N) is 2. The van der Waals surface area contributed by atoms with Crippen molar-refractivity contribution < 1.29 is 9.59 Å². The summed E-state index contributed by atoms with van der Waals surface area (Å²) in [5, 5.41) is 6.15. The van der Waals surface area contributed by atoms with Gasteiger partial charge in [-0.3, -0.25) is 4.79 Å². The van der Waals surface area contributed by atoms with Crippen LogP contribution in [0.5, 0.6) is 0 Å². The van der Waals surface area contributed by atoms with Crippen molar-refractivity contribution in [1.82, 2.24) is 5.32 Å². The Kier molecular flexibility index (Phi) is 4.71. The highest BCUT2D eigenvalue weighted by atomic mass is 35.5. The van der Waals surface area contributed by atoms with Crippen molar-refractivity contribution in [2.45, 2.75) is 18.9 Å². The number of carbonyl (C=O) groups is 2. The molecule has 3 amide bonds. The molecule has 0 saturated heterocycles. The Morgan fingerprint density at radius 3 is 2.71 bits per heavy atom. The number of amides is 3. The maximum atomic E-state index is 12.3. The van der Waals surface area contributed by atoms with Gasteiger partial charge in [-0.15, -0.1) is 0 Å². The molecule has 124 valence electrons. The standard InChI is InChI=1S/C18H18ClN3O2/c19-13-5-2-4-12(8-13)15-9-16(15)17(23)21-10-11-3-1-6-14(7-11)22-18(20)24/h1-8,15-16H,9-10H2,(H,21,23)(H3,20,22,24)/t15-,16+/m1/s1. The molecule has 0 aliphatic heterocycles. The van der Waals surface area contributed by atoms with Crippen LogP contribution in [0, 0.1) is 5.92 Å². The maximum Gasteiger partial charge on any atom is 0.316 e. The summed E-state index contributed by atoms with van der Waals surface area (Å²) in [7, 11) is 0. The molecule has 2 atom stereocenters. The van der Waals surface area contributed by atoms with E-state index in [2.05, 4.69) is 10.6 Å². The van der Waals surface area contributed by atoms with Crippen LogP contribution in [0.2, 0.25) is 5.02 Å². The molecule has 0 spiro atoms. The third-order valence-corrected chi connectivity index (χ3v) is 4.30. The van der Waals surface area contributed by atoms with Crippen molar-refractivity contribution in [2.24, 2.45) is 11.7 Å². The fourth-order valence-corrected chi connectivity index (χ4v) is 3.01. The lowest BCUT2D eigenvalue weighted by Crippen LogP contribution is -2.25. The average molecular weight is 344 g/mol. The first-order valence-electron chi connectivity index (χ1n) is 7.71. The van der Waals surface area contributed by atoms with Crippen molar-refractivity contribution >= 4 is 29.2 Å². The third-order valence-electron chi connectivity index (χ3n) is 4.07. The number of benzene rings is 2. The molecule has 0 radical (unpaired) electrons. The fourth-order valence-electron chi connectivity index (χ4n) is 2.81. The second-order valence-corrected chi connectivity index (χ2v) is 6.35. The van der Waals surface area contributed by atoms with E-state index in [0.717, 1.165) is 17.5 Å². The Morgan fingerprint density at radius 1 is 1.17 bits per heavy atom. The van der Waals surface area contributed by atoms with Crippen molar-refractivity contribution in [3.63, 3.8) is 0 Å². The predicted octanol–water partition coefficient (Wildman–Crippen LogP) is 3.25. The van der Waals surface area contributed by atoms with E-state index in [0.29, 0.717) is 17.3 Å². The van der Waals surface area contributed by atoms with Gasteiger partial charge in [0.15, 0.2) is 0 Å². The Hall–Kier alpha value is -2.53. The Labute approximate surface area is 145 Å². The van der Waals surface area contributed by atoms with Gasteiger partial charge in [0.25, 0.3) is 0 Å². The molecule has 4 N–H and O–H groups in total. The largest absolute Gasteiger partial charge is 0.352 e. The molecule has 3 rings (SSSR count). The molecule has 0 bridgehead atoms. The fraction of sp³-hybridized carbons (Fsp3) is 0.222. The number of hydrogen-bond acceptors (Lipinski definition) is 2. The monoisotopic (exact) mass is 343 g/mol. The van der Waals surface area contributed by atoms with Crippen molar-refractivity contribution in [3.05, 3.63) is 64.7 Å². The molecule has 0 heterocycles. The van der Waals surface area contributed by atoms with Gasteiger partial charge in [0.05, 0.1) is 0 Å². The van der Waals surface area contributed by atoms with E-state index < -0.39 is 6.03 Å². The number of hydrogen-bond donors (Lipinski definition) is 3. The zero-order chi connectivity index (χ0) is 17.1. The molecule has 1 aliphatic rings. The molecule has 2 aromatic carbocycles. The summed E-state index contributed by atoms with van der Waals surface area (Å²) in [4.78, 5) is 23.1. The van der Waals surface area contributed by atoms with Crippen LogP contribution in [0.1, 0.15) is 23.5 Å². The number of primary amides is 1. The first-order valence-corrected chi connectivity index (χ1v) is 8.09. The van der Waals surface area contributed by atoms with Gasteiger partial charge in [0.1, 0.15) is 0 Å². The van der Waals surface area contributed by atoms with Crippen LogP contribution in [-0.4, -0.2) is 11.9 Å². The van der Waals surface area contributed by atoms with Gasteiger partial charge >= 0.3 is 6.03 Å². The number of urea groups is 1. The van der Waals surface area contributed by atoms with Gasteiger partial charge in [-0.25, -0.2) is 4.79 Å². The van der Waals surface area contributed by atoms with E-state index in [1.165, 1.54) is 0 Å². The summed E-state index contributed by atoms with van der Waals surface area (Å²) in [6.07, 6.45) is 0.843. The molecule has 24 heavy (non-hydrogen) atoms. The Bertz CT molecular complexity index is 778. The predicted molar refractivity (Wildman–Crippen MR) is 93.8 cm³/mol. The zero-order valence-electron chi connectivity index (χ0n) is 13.0. The summed E-state index contributed by atoms with van der Waals surface area (Å²) >= 11 is 6.00. The Morgan fingerprint density at radius 2 is 1.96 bits per heavy atom. The second kappa shape index (κ2) is 6.93. The normalized spacial score (nSPS) is 18.7. The van der Waals surface area contributed by atoms with Crippen LogP contribution in [0.4, 0.5) is 10.5 Å². The van der Waals surface area contributed by atoms with Crippen LogP contribution in [-0.2, 0) is 11.3 Å². The Balaban J connectivity index is 1.54. The van der Waals surface area contributed by atoms with Gasteiger partial charge in [-0.1, -0.05) is 35.9 Å². The van der Waals surface area contributed by atoms with Crippen LogP contribution in [0.3, 0.4) is 0 Å². The first kappa shape index (κ1) is 16.3. The van der Waals surface area contributed by atoms with E-state index >= 15 is 0 Å². The van der Waals surface area contributed by atoms with Gasteiger partial charge in [0, 0.05) is 23.2 Å². The van der Waals surface area contributed by atoms with Gasteiger partial charge < -0.3 is 16.4 Å². The topological polar surface area (TPSA) is 84.2 Å². The number of rotatable bonds is 5. The number of halogens is 1. The van der Waals surface area contributed by atoms with E-state index in [9.17, 15) is 9.59 Å². The van der Waals surface area contributed by atoms with Gasteiger partial charge in [-0.2, -0.15) is 0 Å². The summed E-state index contributed by atoms with van der Waals surface area (Å²) in [5.74, 6) is 0.273. The van der Waals surface area contributed by atoms with E-state index in [1.807, 2.05) is 30.3 Å². The van der Waals surface area contributed by atoms with Crippen LogP contribution in [0.25, 0.3) is 0 Å². The average Bonchev–Trinajstić information content (AvgIpc) is 3.33. The minimum Gasteiger partial charge on any atom is -0.352 e. The van der Waals surface area contributed by atoms with E-state index in [-0.39, 0.29) is 17.7 Å². The van der Waals surface area contributed by atoms with E-state index in [4.69, 9.17) is 17.3 Å². The number of carbonyl (C=O) groups excluding carboxylic acids is 2. The molecule has 1 fully saturated rings. The molecule has 5 nitrogen and oxygen atoms in total. The van der Waals surface area contributed by atoms with Crippen LogP contribution >= 0.6 is 11.6 Å². The molecule has 0 aromatic heterocycles. The number of anilines is 1. The molecule has 6 heteroatoms. The van der Waals surface area contributed by atoms with Crippen LogP contribution in [0.15, 0.2) is 48.5 Å². The quantitative estimate of drug-likeness (QED) is 0.778. The molecular weight excluding hydrogens is 326 g/mol. The molecule has 1 aliphatic carbocycles. The SMILES string of the molecule is NC(=O)Nc1cccc(CNC(=O)[C@H]2C[C@@H]2c2cccc(Cl)c2)c1. The summed E-state index contributed by atoms with van der Waals surface area (Å²) in [6.45, 7) is 0.409. The lowest BCUT2D eigenvalue weighted by Gasteiger charge is -2.08. The van der Waals surface area contributed by atoms with E-state index in [1.54, 1.807) is 18.2 Å². The minimum absolute atomic E-state index is 0.00426. The van der Waals surface area contributed by atoms with Crippen molar-refractivity contribution in [1.29, 1.82) is 0 Å².